The molecule has 0 bridgehead atoms. The van der Waals surface area contributed by atoms with Gasteiger partial charge in [0.15, 0.2) is 23.1 Å². The van der Waals surface area contributed by atoms with Gasteiger partial charge in [-0.25, -0.2) is 33.2 Å². The standard InChI is InChI=1S/C38H26Cl6N12O9S2.2Na/c1-14(34-49-36-29(47-17-9-22(40)31(57)23(41)10-17)27(51-55(36)53-34)16-4-3-5-19(8-16)66-65-64-60)13-45-38(59)46-15(2)35-50-37-30(48-18-11-24(42)32(58)25(43)12-18)28(52-56(37)54-35)20-6-7-21(39)33(26(20)44)67(61,62)63;;/h3-12,14-15,57-58,60H,13H2,1-2H3,(H2,45,46,59)(H,61,62,63);;/q;2*+1/p-2. The number of phenolic OH excluding ortho intramolecular Hbond substituents is 2. The number of aromatic nitrogens is 6. The van der Waals surface area contributed by atoms with Gasteiger partial charge in [-0.05, 0) is 55.5 Å². The van der Waals surface area contributed by atoms with Crippen molar-refractivity contribution in [2.45, 2.75) is 35.6 Å². The van der Waals surface area contributed by atoms with Crippen LogP contribution in [0.15, 0.2) is 90.6 Å². The zero-order chi connectivity index (χ0) is 48.1. The number of amides is 2. The number of hydrogen-bond acceptors (Lipinski definition) is 18. The van der Waals surface area contributed by atoms with E-state index >= 15 is 0 Å². The quantitative estimate of drug-likeness (QED) is 0.0417. The molecule has 2 aromatic heterocycles. The first-order chi connectivity index (χ1) is 31.8. The predicted octanol–water partition coefficient (Wildman–Crippen LogP) is 1.28. The Bertz CT molecular complexity index is 3240. The number of phenols is 2. The van der Waals surface area contributed by atoms with Crippen LogP contribution in [0, 0.1) is 0 Å². The molecule has 4 aromatic carbocycles. The van der Waals surface area contributed by atoms with E-state index in [2.05, 4.69) is 50.4 Å². The molecule has 0 spiro atoms. The molecule has 4 N–H and O–H groups in total. The predicted molar refractivity (Wildman–Crippen MR) is 245 cm³/mol. The smallest absolute Gasteiger partial charge is 0.744 e. The van der Waals surface area contributed by atoms with Crippen molar-refractivity contribution >= 4 is 132 Å². The third kappa shape index (κ3) is 11.8. The molecule has 2 unspecified atom stereocenters. The van der Waals surface area contributed by atoms with Crippen molar-refractivity contribution < 1.29 is 102 Å². The summed E-state index contributed by atoms with van der Waals surface area (Å²) in [6, 6.07) is 13.2. The first kappa shape index (κ1) is 54.9. The molecule has 0 fully saturated rings. The van der Waals surface area contributed by atoms with Gasteiger partial charge in [-0.15, -0.1) is 30.0 Å². The Morgan fingerprint density at radius 3 is 1.90 bits per heavy atom. The fourth-order valence-corrected chi connectivity index (χ4v) is 9.41. The van der Waals surface area contributed by atoms with Crippen LogP contribution in [0.25, 0.3) is 0 Å². The minimum absolute atomic E-state index is 0. The SMILES string of the molecule is CC(CNC(=O)NC(C)c1nc2n(n1)N=C(c1ccc(Cl)c(S(=O)(=O)[O-])c1Cl)C2=Nc1cc(Cl)c(O)c(Cl)c1)c1nc2n(n1)N=C(c1cccc(SOO[O-])c1)C2=Nc1cc(Cl)c(O)c(Cl)c1.[Na+].[Na+]. The fraction of sp³-hybridized carbons (Fsp3) is 0.132. The molecule has 6 aromatic rings. The van der Waals surface area contributed by atoms with E-state index in [-0.39, 0.29) is 149 Å². The largest absolute Gasteiger partial charge is 1.00 e. The maximum Gasteiger partial charge on any atom is 1.00 e. The van der Waals surface area contributed by atoms with Crippen LogP contribution in [-0.4, -0.2) is 88.4 Å². The summed E-state index contributed by atoms with van der Waals surface area (Å²) in [4.78, 5) is 33.8. The molecule has 0 aliphatic carbocycles. The van der Waals surface area contributed by atoms with Crippen molar-refractivity contribution in [3.05, 3.63) is 125 Å². The normalized spacial score (nSPS) is 14.9. The Morgan fingerprint density at radius 1 is 0.797 bits per heavy atom. The van der Waals surface area contributed by atoms with Gasteiger partial charge in [0.2, 0.25) is 11.6 Å². The number of halogens is 6. The van der Waals surface area contributed by atoms with E-state index in [1.807, 2.05) is 0 Å². The number of aliphatic imine (C=N–C) groups is 2. The van der Waals surface area contributed by atoms with Crippen LogP contribution in [0.2, 0.25) is 30.1 Å². The van der Waals surface area contributed by atoms with Crippen molar-refractivity contribution in [2.24, 2.45) is 20.2 Å². The molecular formula is C38H24Cl6N12Na2O9S2. The van der Waals surface area contributed by atoms with E-state index in [0.29, 0.717) is 28.2 Å². The summed E-state index contributed by atoms with van der Waals surface area (Å²) < 4.78 is 40.8. The molecule has 8 rings (SSSR count). The van der Waals surface area contributed by atoms with E-state index in [1.165, 1.54) is 35.1 Å². The van der Waals surface area contributed by atoms with E-state index in [1.54, 1.807) is 38.1 Å². The van der Waals surface area contributed by atoms with E-state index in [4.69, 9.17) is 79.6 Å². The Labute approximate surface area is 468 Å². The van der Waals surface area contributed by atoms with Crippen LogP contribution in [-0.2, 0) is 19.5 Å². The number of nitrogens with one attached hydrogen (secondary N) is 2. The number of carbonyl (C=O) groups excluding carboxylic acids is 1. The van der Waals surface area contributed by atoms with Gasteiger partial charge in [0.1, 0.15) is 33.0 Å². The number of benzene rings is 4. The second kappa shape index (κ2) is 22.6. The topological polar surface area (TPSA) is 291 Å². The van der Waals surface area contributed by atoms with Crippen molar-refractivity contribution in [1.82, 2.24) is 40.4 Å². The number of aromatic hydroxyl groups is 2. The summed E-state index contributed by atoms with van der Waals surface area (Å²) >= 11 is 37.9. The first-order valence-electron chi connectivity index (χ1n) is 18.7. The Morgan fingerprint density at radius 2 is 1.33 bits per heavy atom. The van der Waals surface area contributed by atoms with Crippen LogP contribution in [0.3, 0.4) is 0 Å². The summed E-state index contributed by atoms with van der Waals surface area (Å²) in [6.07, 6.45) is 0. The molecular weight excluding hydrogens is 1090 g/mol. The third-order valence-corrected chi connectivity index (χ3v) is 13.1. The van der Waals surface area contributed by atoms with Crippen LogP contribution < -0.4 is 75.0 Å². The minimum atomic E-state index is -5.15. The summed E-state index contributed by atoms with van der Waals surface area (Å²) in [7, 11) is -5.15. The van der Waals surface area contributed by atoms with Crippen molar-refractivity contribution in [3.63, 3.8) is 0 Å². The van der Waals surface area contributed by atoms with Crippen molar-refractivity contribution in [3.8, 4) is 11.5 Å². The Balaban J connectivity index is 0.00000391. The van der Waals surface area contributed by atoms with Gasteiger partial charge in [-0.1, -0.05) is 88.7 Å². The first-order valence-corrected chi connectivity index (χ1v) is 23.1. The average Bonchev–Trinajstić information content (AvgIpc) is 4.04. The van der Waals surface area contributed by atoms with Crippen molar-refractivity contribution in [2.75, 3.05) is 6.54 Å². The number of hydrogen-bond donors (Lipinski definition) is 4. The summed E-state index contributed by atoms with van der Waals surface area (Å²) in [5.41, 5.74) is 1.34. The number of rotatable bonds is 13. The monoisotopic (exact) mass is 1110 g/mol. The molecule has 0 radical (unpaired) electrons. The summed E-state index contributed by atoms with van der Waals surface area (Å²) in [5.74, 6) is -0.614. The van der Waals surface area contributed by atoms with E-state index in [0.717, 1.165) is 10.9 Å². The average molecular weight is 1120 g/mol. The maximum absolute atomic E-state index is 13.3. The second-order valence-corrected chi connectivity index (χ2v) is 18.6. The number of carbonyl (C=O) groups is 1. The molecule has 31 heteroatoms. The molecule has 0 saturated carbocycles. The zero-order valence-electron chi connectivity index (χ0n) is 35.4. The van der Waals surface area contributed by atoms with Crippen LogP contribution in [0.5, 0.6) is 11.5 Å². The van der Waals surface area contributed by atoms with E-state index < -0.39 is 48.8 Å². The molecule has 4 heterocycles. The molecule has 346 valence electrons. The molecule has 0 saturated heterocycles. The molecule has 2 aliphatic heterocycles. The Hall–Kier alpha value is -3.41. The maximum atomic E-state index is 13.3. The zero-order valence-corrected chi connectivity index (χ0v) is 45.6. The van der Waals surface area contributed by atoms with Gasteiger partial charge in [-0.3, -0.25) is 5.04 Å². The van der Waals surface area contributed by atoms with Crippen LogP contribution >= 0.6 is 81.6 Å². The fourth-order valence-electron chi connectivity index (χ4n) is 6.38. The summed E-state index contributed by atoms with van der Waals surface area (Å²) in [5, 5.41) is 56.4. The molecule has 69 heavy (non-hydrogen) atoms. The Kier molecular flexibility index (Phi) is 18.0. The summed E-state index contributed by atoms with van der Waals surface area (Å²) in [6.45, 7) is 3.40. The molecule has 2 amide bonds. The number of fused-ring (bicyclic) bond motifs is 2. The van der Waals surface area contributed by atoms with Gasteiger partial charge in [0, 0.05) is 28.5 Å². The molecule has 2 atom stereocenters. The van der Waals surface area contributed by atoms with Gasteiger partial charge in [0.05, 0.1) is 64.5 Å². The van der Waals surface area contributed by atoms with Gasteiger partial charge >= 0.3 is 65.1 Å². The van der Waals surface area contributed by atoms with Crippen LogP contribution in [0.1, 0.15) is 60.2 Å². The third-order valence-electron chi connectivity index (χ3n) is 9.53. The number of nitrogens with zero attached hydrogens (tertiary/aromatic N) is 10. The van der Waals surface area contributed by atoms with Crippen LogP contribution in [0.4, 0.5) is 16.2 Å². The van der Waals surface area contributed by atoms with Gasteiger partial charge in [-0.2, -0.15) is 4.33 Å². The minimum Gasteiger partial charge on any atom is -0.744 e. The molecule has 2 aliphatic rings. The molecule has 21 nitrogen and oxygen atoms in total. The second-order valence-electron chi connectivity index (χ2n) is 14.1. The van der Waals surface area contributed by atoms with Gasteiger partial charge in [0.25, 0.3) is 0 Å². The van der Waals surface area contributed by atoms with Crippen molar-refractivity contribution in [1.29, 1.82) is 0 Å². The number of urea groups is 1. The van der Waals surface area contributed by atoms with E-state index in [9.17, 15) is 33.2 Å². The van der Waals surface area contributed by atoms with Gasteiger partial charge < -0.3 is 30.7 Å².